The molecule has 10 aromatic rings. The van der Waals surface area contributed by atoms with Crippen molar-refractivity contribution in [3.8, 4) is 51.0 Å². The fourth-order valence-corrected chi connectivity index (χ4v) is 6.89. The molecule has 3 heterocycles. The van der Waals surface area contributed by atoms with E-state index in [0.717, 1.165) is 44.0 Å². The van der Waals surface area contributed by atoms with Gasteiger partial charge in [0.15, 0.2) is 17.5 Å². The Morgan fingerprint density at radius 1 is 0.460 bits per heavy atom. The van der Waals surface area contributed by atoms with E-state index in [9.17, 15) is 0 Å². The van der Waals surface area contributed by atoms with Crippen LogP contribution < -0.4 is 0 Å². The van der Waals surface area contributed by atoms with Crippen LogP contribution in [0.4, 0.5) is 0 Å². The number of para-hydroxylation sites is 2. The van der Waals surface area contributed by atoms with Crippen LogP contribution in [0.25, 0.3) is 94.7 Å². The van der Waals surface area contributed by atoms with Crippen molar-refractivity contribution >= 4 is 43.7 Å². The number of benzene rings is 7. The number of hydrogen-bond acceptors (Lipinski definition) is 4. The van der Waals surface area contributed by atoms with E-state index in [1.54, 1.807) is 0 Å². The Hall–Kier alpha value is -6.85. The minimum Gasteiger partial charge on any atom is -0.456 e. The Morgan fingerprint density at radius 2 is 1.14 bits per heavy atom. The van der Waals surface area contributed by atoms with Gasteiger partial charge in [0.2, 0.25) is 0 Å². The Morgan fingerprint density at radius 3 is 1.98 bits per heavy atom. The smallest absolute Gasteiger partial charge is 0.164 e. The molecule has 0 atom stereocenters. The molecule has 10 rings (SSSR count). The molecule has 0 fully saturated rings. The highest BCUT2D eigenvalue weighted by molar-refractivity contribution is 6.13. The number of hydrogen-bond donors (Lipinski definition) is 0. The Balaban J connectivity index is 1.14. The first kappa shape index (κ1) is 23.5. The van der Waals surface area contributed by atoms with Gasteiger partial charge in [0, 0.05) is 43.9 Å². The maximum absolute atomic E-state index is 8.66. The average molecular weight is 646 g/mol. The summed E-state index contributed by atoms with van der Waals surface area (Å²) in [4.78, 5) is 14.3. The summed E-state index contributed by atoms with van der Waals surface area (Å²) >= 11 is 0. The third-order valence-electron chi connectivity index (χ3n) is 9.15. The van der Waals surface area contributed by atoms with E-state index in [4.69, 9.17) is 21.2 Å². The fraction of sp³-hybridized carbons (Fsp3) is 0. The Labute approximate surface area is 294 Å². The minimum atomic E-state index is -0.482. The average Bonchev–Trinajstić information content (AvgIpc) is 3.78. The maximum atomic E-state index is 8.66. The fourth-order valence-electron chi connectivity index (χ4n) is 6.89. The van der Waals surface area contributed by atoms with Gasteiger partial charge in [-0.1, -0.05) is 121 Å². The molecule has 0 aliphatic carbocycles. The molecular weight excluding hydrogens is 613 g/mol. The van der Waals surface area contributed by atoms with E-state index in [0.29, 0.717) is 28.1 Å². The molecule has 5 nitrogen and oxygen atoms in total. The van der Waals surface area contributed by atoms with E-state index in [2.05, 4.69) is 88.4 Å². The summed E-state index contributed by atoms with van der Waals surface area (Å²) in [6.45, 7) is 0. The quantitative estimate of drug-likeness (QED) is 0.187. The zero-order valence-corrected chi connectivity index (χ0v) is 26.5. The lowest BCUT2D eigenvalue weighted by Crippen LogP contribution is -2.00. The van der Waals surface area contributed by atoms with Gasteiger partial charge in [0.25, 0.3) is 0 Å². The summed E-state index contributed by atoms with van der Waals surface area (Å²) in [5, 5.41) is 3.99. The van der Waals surface area contributed by atoms with Crippen LogP contribution >= 0.6 is 0 Å². The second-order valence-electron chi connectivity index (χ2n) is 12.1. The lowest BCUT2D eigenvalue weighted by Gasteiger charge is -2.09. The van der Waals surface area contributed by atoms with Gasteiger partial charge in [-0.3, -0.25) is 0 Å². The van der Waals surface area contributed by atoms with Gasteiger partial charge in [-0.05, 0) is 59.7 Å². The molecule has 5 heteroatoms. The van der Waals surface area contributed by atoms with Gasteiger partial charge >= 0.3 is 0 Å². The second-order valence-corrected chi connectivity index (χ2v) is 12.1. The molecule has 0 bridgehead atoms. The molecule has 0 saturated carbocycles. The van der Waals surface area contributed by atoms with Crippen LogP contribution in [0.2, 0.25) is 0 Å². The Kier molecular flexibility index (Phi) is 5.35. The van der Waals surface area contributed by atoms with Gasteiger partial charge < -0.3 is 8.98 Å². The van der Waals surface area contributed by atoms with Crippen LogP contribution in [-0.2, 0) is 0 Å². The topological polar surface area (TPSA) is 56.7 Å². The first-order valence-corrected chi connectivity index (χ1v) is 16.3. The molecule has 0 aliphatic heterocycles. The minimum absolute atomic E-state index is 0.0167. The third-order valence-corrected chi connectivity index (χ3v) is 9.15. The molecule has 50 heavy (non-hydrogen) atoms. The third kappa shape index (κ3) is 4.60. The predicted octanol–water partition coefficient (Wildman–Crippen LogP) is 11.5. The number of furan rings is 1. The summed E-state index contributed by atoms with van der Waals surface area (Å²) in [7, 11) is 0. The molecule has 0 aliphatic rings. The summed E-state index contributed by atoms with van der Waals surface area (Å²) < 4.78 is 50.8. The number of aromatic nitrogens is 4. The molecule has 0 spiro atoms. The van der Waals surface area contributed by atoms with Crippen molar-refractivity contribution in [2.75, 3.05) is 0 Å². The highest BCUT2D eigenvalue weighted by Gasteiger charge is 2.19. The van der Waals surface area contributed by atoms with Crippen molar-refractivity contribution in [3.63, 3.8) is 0 Å². The van der Waals surface area contributed by atoms with Crippen LogP contribution in [0.15, 0.2) is 174 Å². The number of fused-ring (bicyclic) bond motifs is 6. The summed E-state index contributed by atoms with van der Waals surface area (Å²) in [6.07, 6.45) is 0. The van der Waals surface area contributed by atoms with Crippen molar-refractivity contribution in [1.29, 1.82) is 0 Å². The molecule has 0 N–H and O–H groups in total. The maximum Gasteiger partial charge on any atom is 0.164 e. The molecule has 0 saturated heterocycles. The van der Waals surface area contributed by atoms with Crippen molar-refractivity contribution in [2.24, 2.45) is 0 Å². The Bertz CT molecular complexity index is 3130. The predicted molar refractivity (Wildman–Crippen MR) is 203 cm³/mol. The molecule has 0 radical (unpaired) electrons. The molecule has 0 amide bonds. The van der Waals surface area contributed by atoms with Crippen LogP contribution in [0, 0.1) is 0 Å². The molecule has 7 aromatic carbocycles. The van der Waals surface area contributed by atoms with E-state index in [-0.39, 0.29) is 29.3 Å². The largest absolute Gasteiger partial charge is 0.456 e. The van der Waals surface area contributed by atoms with E-state index >= 15 is 0 Å². The van der Waals surface area contributed by atoms with Gasteiger partial charge in [0.1, 0.15) is 11.2 Å². The monoisotopic (exact) mass is 645 g/mol. The summed E-state index contributed by atoms with van der Waals surface area (Å²) in [6, 6.07) is 44.4. The lowest BCUT2D eigenvalue weighted by molar-refractivity contribution is 0.669. The number of rotatable bonds is 5. The van der Waals surface area contributed by atoms with Crippen LogP contribution in [-0.4, -0.2) is 19.5 Å². The molecular formula is C45H28N4O. The summed E-state index contributed by atoms with van der Waals surface area (Å²) in [5.74, 6) is 0.578. The summed E-state index contributed by atoms with van der Waals surface area (Å²) in [5.41, 5.74) is 8.02. The highest BCUT2D eigenvalue weighted by atomic mass is 16.3. The first-order chi connectivity index (χ1) is 26.9. The lowest BCUT2D eigenvalue weighted by atomic mass is 10.00. The van der Waals surface area contributed by atoms with Crippen molar-refractivity contribution in [1.82, 2.24) is 19.5 Å². The zero-order valence-electron chi connectivity index (χ0n) is 31.5. The van der Waals surface area contributed by atoms with Gasteiger partial charge in [-0.15, -0.1) is 0 Å². The number of nitrogens with zero attached hydrogens (tertiary/aromatic N) is 4. The van der Waals surface area contributed by atoms with Crippen molar-refractivity contribution < 1.29 is 11.3 Å². The van der Waals surface area contributed by atoms with Crippen LogP contribution in [0.3, 0.4) is 0 Å². The molecule has 3 aromatic heterocycles. The van der Waals surface area contributed by atoms with Crippen molar-refractivity contribution in [2.45, 2.75) is 0 Å². The van der Waals surface area contributed by atoms with E-state index in [1.165, 1.54) is 5.39 Å². The first-order valence-electron chi connectivity index (χ1n) is 18.8. The zero-order chi connectivity index (χ0) is 37.4. The second kappa shape index (κ2) is 11.4. The van der Waals surface area contributed by atoms with E-state index in [1.807, 2.05) is 60.7 Å². The van der Waals surface area contributed by atoms with Crippen LogP contribution in [0.1, 0.15) is 6.85 Å². The van der Waals surface area contributed by atoms with E-state index < -0.39 is 18.1 Å². The standard InChI is InChI=1S/C45H28N4O/c1-4-13-29(14-5-1)43-46-44(30-15-6-2-7-16-30)48-45(47-43)36-20-12-22-40-42(36)35-25-23-32(28-41(35)50-40)31-24-26-39-37(27-31)34-19-10-11-21-38(34)49(39)33-17-8-3-9-18-33/h1-28H/i1D,4D,5D,13D,14D. The van der Waals surface area contributed by atoms with Crippen molar-refractivity contribution in [3.05, 3.63) is 170 Å². The SMILES string of the molecule is [2H]c1c([2H])c([2H])c(-c2nc(-c3ccccc3)nc(-c3cccc4oc5cc(-c6ccc7c(c6)c6ccccc6n7-c6ccccc6)ccc5c34)n2)c([2H])c1[2H]. The molecule has 0 unspecified atom stereocenters. The van der Waals surface area contributed by atoms with Gasteiger partial charge in [-0.25, -0.2) is 15.0 Å². The normalized spacial score (nSPS) is 13.0. The van der Waals surface area contributed by atoms with Crippen LogP contribution in [0.5, 0.6) is 0 Å². The van der Waals surface area contributed by atoms with Gasteiger partial charge in [0.05, 0.1) is 17.9 Å². The highest BCUT2D eigenvalue weighted by Crippen LogP contribution is 2.40. The van der Waals surface area contributed by atoms with Gasteiger partial charge in [-0.2, -0.15) is 0 Å². The molecule has 234 valence electrons.